The largest absolute Gasteiger partial charge is 0.452 e. The van der Waals surface area contributed by atoms with Crippen molar-refractivity contribution >= 4 is 29.7 Å². The fourth-order valence-corrected chi connectivity index (χ4v) is 14.2. The molecule has 3 saturated heterocycles. The van der Waals surface area contributed by atoms with Crippen LogP contribution in [0.2, 0.25) is 0 Å². The number of carbonyl (C=O) groups excluding carboxylic acids is 3. The van der Waals surface area contributed by atoms with Crippen molar-refractivity contribution in [3.8, 4) is 0 Å². The van der Waals surface area contributed by atoms with E-state index >= 15 is 0 Å². The zero-order valence-electron chi connectivity index (χ0n) is 60.6. The first kappa shape index (κ1) is 77.6. The Morgan fingerprint density at radius 2 is 0.523 bits per heavy atom. The van der Waals surface area contributed by atoms with Crippen LogP contribution in [0.15, 0.2) is 303 Å². The molecule has 3 heterocycles. The predicted octanol–water partition coefficient (Wildman–Crippen LogP) is 15.4. The summed E-state index contributed by atoms with van der Waals surface area (Å²) in [6.07, 6.45) is -15.9. The zero-order chi connectivity index (χ0) is 74.6. The van der Waals surface area contributed by atoms with Crippen LogP contribution in [0.1, 0.15) is 76.9 Å². The van der Waals surface area contributed by atoms with Crippen molar-refractivity contribution in [2.24, 2.45) is 0 Å². The number of thioether (sulfide) groups is 1. The lowest BCUT2D eigenvalue weighted by Gasteiger charge is -2.48. The fraction of sp³-hybridized carbons (Fsp3) is 0.300. The number of hydrogen-bond acceptors (Lipinski definition) is 19. The quantitative estimate of drug-likeness (QED) is 0.0266. The van der Waals surface area contributed by atoms with Crippen LogP contribution >= 0.6 is 11.8 Å². The van der Waals surface area contributed by atoms with Crippen molar-refractivity contribution < 1.29 is 85.4 Å². The van der Waals surface area contributed by atoms with Crippen LogP contribution in [0.3, 0.4) is 0 Å². The molecular weight excluding hydrogens is 1400 g/mol. The van der Waals surface area contributed by atoms with Crippen molar-refractivity contribution in [3.05, 3.63) is 359 Å². The van der Waals surface area contributed by atoms with Crippen LogP contribution in [0.25, 0.3) is 0 Å². The summed E-state index contributed by atoms with van der Waals surface area (Å²) >= 11 is 1.31. The number of hydrogen-bond donors (Lipinski definition) is 0. The van der Waals surface area contributed by atoms with Gasteiger partial charge < -0.3 is 71.1 Å². The molecule has 3 aliphatic heterocycles. The number of rotatable bonds is 36. The van der Waals surface area contributed by atoms with E-state index in [4.69, 9.17) is 71.1 Å². The van der Waals surface area contributed by atoms with Crippen LogP contribution in [-0.2, 0) is 117 Å². The van der Waals surface area contributed by atoms with Crippen molar-refractivity contribution in [2.45, 2.75) is 144 Å². The molecule has 13 rings (SSSR count). The molecule has 10 aromatic carbocycles. The highest BCUT2D eigenvalue weighted by molar-refractivity contribution is 7.99. The molecule has 0 unspecified atom stereocenters. The highest BCUT2D eigenvalue weighted by Gasteiger charge is 2.56. The van der Waals surface area contributed by atoms with Crippen molar-refractivity contribution in [2.75, 3.05) is 25.6 Å². The minimum Gasteiger partial charge on any atom is -0.452 e. The van der Waals surface area contributed by atoms with E-state index in [1.54, 1.807) is 91.0 Å². The van der Waals surface area contributed by atoms with Gasteiger partial charge in [0.1, 0.15) is 60.4 Å². The fourth-order valence-electron chi connectivity index (χ4n) is 13.3. The van der Waals surface area contributed by atoms with E-state index in [0.717, 1.165) is 38.9 Å². The Balaban J connectivity index is 0.898. The maximum Gasteiger partial charge on any atom is 0.338 e. The predicted molar refractivity (Wildman–Crippen MR) is 409 cm³/mol. The van der Waals surface area contributed by atoms with Gasteiger partial charge in [-0.25, -0.2) is 14.4 Å². The molecule has 10 aromatic rings. The van der Waals surface area contributed by atoms with E-state index in [9.17, 15) is 14.4 Å². The lowest BCUT2D eigenvalue weighted by molar-refractivity contribution is -0.356. The molecule has 0 amide bonds. The monoisotopic (exact) mass is 1490 g/mol. The topological polar surface area (TPSA) is 190 Å². The minimum atomic E-state index is -1.51. The zero-order valence-corrected chi connectivity index (χ0v) is 61.4. The Labute approximate surface area is 640 Å². The average Bonchev–Trinajstić information content (AvgIpc) is 0.778. The first-order valence-corrected chi connectivity index (χ1v) is 38.0. The van der Waals surface area contributed by atoms with Gasteiger partial charge in [-0.2, -0.15) is 0 Å². The summed E-state index contributed by atoms with van der Waals surface area (Å²) in [6, 6.07) is 94.2. The molecule has 564 valence electrons. The van der Waals surface area contributed by atoms with E-state index in [1.165, 1.54) is 11.8 Å². The maximum atomic E-state index is 14.8. The highest BCUT2D eigenvalue weighted by Crippen LogP contribution is 2.39. The van der Waals surface area contributed by atoms with Gasteiger partial charge in [0.2, 0.25) is 0 Å². The molecule has 3 fully saturated rings. The molecule has 0 spiro atoms. The standard InChI is InChI=1S/C90H90O18S/c1-2-109-90-84(108-87(93)72-51-31-12-32-52-72)81(107-86(92)71-49-29-11-30-50-71)78(106-85(91)70-47-27-10-28-48-70)75(105-90)62-102-89-83(100-59-69-45-25-9-26-46-69)80(98-57-67-41-21-7-22-42-67)77(96-55-65-37-17-5-18-38-65)74(104-89)61-101-88-82(99-58-68-43-23-8-24-44-68)79(97-56-66-39-19-6-20-40-66)76(95-54-64-35-15-4-16-36-64)73(103-88)60-94-53-63-33-13-3-14-34-63/h3-52,73-84,88-90H,2,53-62H2,1H3/t73-,74-,75-,76-,77-,78-,79+,80+,81+,82-,83-,84-,88+,89+,90+/m1/s1. The third-order valence-electron chi connectivity index (χ3n) is 18.8. The smallest absolute Gasteiger partial charge is 0.338 e. The maximum absolute atomic E-state index is 14.8. The number of esters is 3. The molecule has 3 aliphatic rings. The van der Waals surface area contributed by atoms with Crippen LogP contribution in [-0.4, -0.2) is 135 Å². The summed E-state index contributed by atoms with van der Waals surface area (Å²) in [5.74, 6) is -1.82. The summed E-state index contributed by atoms with van der Waals surface area (Å²) in [6.45, 7) is 2.40. The SMILES string of the molecule is CCS[C@@H]1O[C@H](CO[C@H]2O[C@H](CO[C@H]3O[C@H](COCc4ccccc4)[C@@H](OCc4ccccc4)[C@H](OCc4ccccc4)[C@H]3OCc3ccccc3)[C@@H](OCc3ccccc3)[C@H](OCc3ccccc3)[C@H]2OCc2ccccc2)[C@@H](OC(=O)c2ccccc2)[C@H](OC(=O)c2ccccc2)[C@H]1OC(=O)c1ccccc1. The minimum absolute atomic E-state index is 0.0599. The van der Waals surface area contributed by atoms with Gasteiger partial charge in [-0.05, 0) is 81.1 Å². The number of benzene rings is 10. The summed E-state index contributed by atoms with van der Waals surface area (Å²) in [5, 5.41) is 0. The Hall–Kier alpha value is -9.52. The molecule has 0 N–H and O–H groups in total. The summed E-state index contributed by atoms with van der Waals surface area (Å²) in [4.78, 5) is 43.8. The van der Waals surface area contributed by atoms with Gasteiger partial charge in [-0.15, -0.1) is 11.8 Å². The van der Waals surface area contributed by atoms with Gasteiger partial charge in [0.15, 0.2) is 30.9 Å². The van der Waals surface area contributed by atoms with Crippen LogP contribution in [0.4, 0.5) is 0 Å². The van der Waals surface area contributed by atoms with Gasteiger partial charge >= 0.3 is 17.9 Å². The lowest BCUT2D eigenvalue weighted by atomic mass is 9.96. The lowest BCUT2D eigenvalue weighted by Crippen LogP contribution is -2.65. The molecular formula is C90H90O18S. The summed E-state index contributed by atoms with van der Waals surface area (Å²) < 4.78 is 106. The summed E-state index contributed by atoms with van der Waals surface area (Å²) in [5.41, 5.74) is 5.87. The molecule has 15 atom stereocenters. The van der Waals surface area contributed by atoms with Crippen molar-refractivity contribution in [3.63, 3.8) is 0 Å². The second kappa shape index (κ2) is 40.8. The van der Waals surface area contributed by atoms with Crippen molar-refractivity contribution in [1.29, 1.82) is 0 Å². The molecule has 0 saturated carbocycles. The van der Waals surface area contributed by atoms with Crippen LogP contribution in [0, 0.1) is 0 Å². The summed E-state index contributed by atoms with van der Waals surface area (Å²) in [7, 11) is 0. The highest BCUT2D eigenvalue weighted by atomic mass is 32.2. The molecule has 0 aliphatic carbocycles. The average molecular weight is 1490 g/mol. The second-order valence-electron chi connectivity index (χ2n) is 26.5. The third kappa shape index (κ3) is 22.1. The number of carbonyl (C=O) groups is 3. The van der Waals surface area contributed by atoms with E-state index in [-0.39, 0.29) is 76.2 Å². The Bertz CT molecular complexity index is 4280. The normalized spacial score (nSPS) is 24.0. The Morgan fingerprint density at radius 1 is 0.266 bits per heavy atom. The van der Waals surface area contributed by atoms with E-state index in [0.29, 0.717) is 5.75 Å². The Kier molecular flexibility index (Phi) is 29.0. The third-order valence-corrected chi connectivity index (χ3v) is 19.9. The first-order chi connectivity index (χ1) is 53.8. The van der Waals surface area contributed by atoms with E-state index in [1.807, 2.05) is 219 Å². The van der Waals surface area contributed by atoms with Gasteiger partial charge in [0.25, 0.3) is 0 Å². The van der Waals surface area contributed by atoms with Crippen molar-refractivity contribution in [1.82, 2.24) is 0 Å². The molecule has 109 heavy (non-hydrogen) atoms. The molecule has 0 bridgehead atoms. The Morgan fingerprint density at radius 3 is 0.844 bits per heavy atom. The van der Waals surface area contributed by atoms with Crippen LogP contribution in [0.5, 0.6) is 0 Å². The molecule has 0 aromatic heterocycles. The molecule has 0 radical (unpaired) electrons. The van der Waals surface area contributed by atoms with Gasteiger partial charge in [0.05, 0.1) is 82.8 Å². The first-order valence-electron chi connectivity index (χ1n) is 36.9. The van der Waals surface area contributed by atoms with E-state index < -0.39 is 116 Å². The van der Waals surface area contributed by atoms with Gasteiger partial charge in [-0.3, -0.25) is 0 Å². The second-order valence-corrected chi connectivity index (χ2v) is 27.9. The van der Waals surface area contributed by atoms with E-state index in [2.05, 4.69) is 0 Å². The number of ether oxygens (including phenoxy) is 15. The van der Waals surface area contributed by atoms with Gasteiger partial charge in [-0.1, -0.05) is 274 Å². The molecule has 18 nitrogen and oxygen atoms in total. The van der Waals surface area contributed by atoms with Crippen LogP contribution < -0.4 is 0 Å². The van der Waals surface area contributed by atoms with Gasteiger partial charge in [0, 0.05) is 0 Å². The molecule has 19 heteroatoms.